The SMILES string of the molecule is CCN1C(=CC=O)N(CC)c2ccccc21. The fourth-order valence-electron chi connectivity index (χ4n) is 2.22. The zero-order valence-electron chi connectivity index (χ0n) is 9.68. The number of rotatable bonds is 3. The van der Waals surface area contributed by atoms with Gasteiger partial charge in [-0.1, -0.05) is 12.1 Å². The van der Waals surface area contributed by atoms with E-state index in [9.17, 15) is 4.79 Å². The predicted octanol–water partition coefficient (Wildman–Crippen LogP) is 2.39. The van der Waals surface area contributed by atoms with Gasteiger partial charge in [-0.05, 0) is 26.0 Å². The van der Waals surface area contributed by atoms with Crippen LogP contribution in [0.25, 0.3) is 0 Å². The number of aldehydes is 1. The van der Waals surface area contributed by atoms with Crippen molar-refractivity contribution in [3.8, 4) is 0 Å². The van der Waals surface area contributed by atoms with Crippen molar-refractivity contribution in [1.29, 1.82) is 0 Å². The van der Waals surface area contributed by atoms with Crippen LogP contribution in [0.5, 0.6) is 0 Å². The van der Waals surface area contributed by atoms with Crippen molar-refractivity contribution in [2.24, 2.45) is 0 Å². The molecule has 0 aliphatic carbocycles. The monoisotopic (exact) mass is 216 g/mol. The number of carbonyl (C=O) groups is 1. The first-order valence-electron chi connectivity index (χ1n) is 5.63. The summed E-state index contributed by atoms with van der Waals surface area (Å²) >= 11 is 0. The molecule has 1 aliphatic heterocycles. The number of benzene rings is 1. The lowest BCUT2D eigenvalue weighted by atomic mass is 10.2. The molecule has 0 spiro atoms. The highest BCUT2D eigenvalue weighted by molar-refractivity contribution is 5.85. The fourth-order valence-corrected chi connectivity index (χ4v) is 2.22. The number of anilines is 2. The van der Waals surface area contributed by atoms with Gasteiger partial charge in [0.2, 0.25) is 0 Å². The van der Waals surface area contributed by atoms with Crippen molar-refractivity contribution in [2.45, 2.75) is 13.8 Å². The normalized spacial score (nSPS) is 14.0. The molecule has 0 saturated carbocycles. The van der Waals surface area contributed by atoms with E-state index in [1.54, 1.807) is 6.08 Å². The topological polar surface area (TPSA) is 23.6 Å². The summed E-state index contributed by atoms with van der Waals surface area (Å²) in [5.41, 5.74) is 2.36. The summed E-state index contributed by atoms with van der Waals surface area (Å²) in [6.45, 7) is 5.92. The van der Waals surface area contributed by atoms with E-state index in [4.69, 9.17) is 0 Å². The molecule has 0 unspecified atom stereocenters. The lowest BCUT2D eigenvalue weighted by Crippen LogP contribution is -2.28. The molecule has 1 aromatic carbocycles. The van der Waals surface area contributed by atoms with E-state index >= 15 is 0 Å². The number of fused-ring (bicyclic) bond motifs is 1. The third-order valence-electron chi connectivity index (χ3n) is 2.87. The van der Waals surface area contributed by atoms with Gasteiger partial charge in [-0.25, -0.2) is 0 Å². The molecular weight excluding hydrogens is 200 g/mol. The highest BCUT2D eigenvalue weighted by atomic mass is 16.1. The van der Waals surface area contributed by atoms with E-state index in [1.807, 2.05) is 12.1 Å². The van der Waals surface area contributed by atoms with Gasteiger partial charge in [0, 0.05) is 19.2 Å². The van der Waals surface area contributed by atoms with Gasteiger partial charge in [-0.2, -0.15) is 0 Å². The van der Waals surface area contributed by atoms with Crippen LogP contribution in [0.3, 0.4) is 0 Å². The molecule has 3 nitrogen and oxygen atoms in total. The maximum absolute atomic E-state index is 10.7. The first kappa shape index (κ1) is 10.7. The second-order valence-corrected chi connectivity index (χ2v) is 3.64. The lowest BCUT2D eigenvalue weighted by molar-refractivity contribution is -0.104. The third-order valence-corrected chi connectivity index (χ3v) is 2.87. The molecule has 1 aliphatic rings. The summed E-state index contributed by atoms with van der Waals surface area (Å²) in [5, 5.41) is 0. The fraction of sp³-hybridized carbons (Fsp3) is 0.308. The Morgan fingerprint density at radius 2 is 1.56 bits per heavy atom. The van der Waals surface area contributed by atoms with Crippen LogP contribution in [0.15, 0.2) is 36.2 Å². The molecule has 0 N–H and O–H groups in total. The Kier molecular flexibility index (Phi) is 2.95. The Balaban J connectivity index is 2.54. The molecule has 16 heavy (non-hydrogen) atoms. The van der Waals surface area contributed by atoms with E-state index in [0.717, 1.165) is 25.2 Å². The molecule has 0 fully saturated rings. The molecule has 0 saturated heterocycles. The molecule has 2 rings (SSSR count). The molecule has 0 radical (unpaired) electrons. The number of allylic oxidation sites excluding steroid dienone is 1. The van der Waals surface area contributed by atoms with Crippen molar-refractivity contribution in [2.75, 3.05) is 22.9 Å². The first-order chi connectivity index (χ1) is 7.83. The van der Waals surface area contributed by atoms with Crippen molar-refractivity contribution in [3.05, 3.63) is 36.2 Å². The highest BCUT2D eigenvalue weighted by Gasteiger charge is 2.28. The Morgan fingerprint density at radius 3 is 1.94 bits per heavy atom. The third kappa shape index (κ3) is 1.48. The lowest BCUT2D eigenvalue weighted by Gasteiger charge is -2.22. The summed E-state index contributed by atoms with van der Waals surface area (Å²) in [6, 6.07) is 8.23. The van der Waals surface area contributed by atoms with Crippen LogP contribution in [0.2, 0.25) is 0 Å². The molecule has 0 aromatic heterocycles. The minimum absolute atomic E-state index is 0.854. The van der Waals surface area contributed by atoms with Gasteiger partial charge in [0.1, 0.15) is 12.1 Å². The molecule has 84 valence electrons. The Morgan fingerprint density at radius 1 is 1.06 bits per heavy atom. The van der Waals surface area contributed by atoms with Crippen molar-refractivity contribution >= 4 is 17.7 Å². The number of nitrogens with zero attached hydrogens (tertiary/aromatic N) is 2. The van der Waals surface area contributed by atoms with Gasteiger partial charge >= 0.3 is 0 Å². The standard InChI is InChI=1S/C13H16N2O/c1-3-14-11-7-5-6-8-12(11)15(4-2)13(14)9-10-16/h5-10H,3-4H2,1-2H3. The summed E-state index contributed by atoms with van der Waals surface area (Å²) < 4.78 is 0. The van der Waals surface area contributed by atoms with Crippen LogP contribution in [0, 0.1) is 0 Å². The van der Waals surface area contributed by atoms with Crippen molar-refractivity contribution < 1.29 is 4.79 Å². The van der Waals surface area contributed by atoms with E-state index in [-0.39, 0.29) is 0 Å². The van der Waals surface area contributed by atoms with E-state index < -0.39 is 0 Å². The minimum atomic E-state index is 0.854. The zero-order chi connectivity index (χ0) is 11.5. The smallest absolute Gasteiger partial charge is 0.146 e. The van der Waals surface area contributed by atoms with Gasteiger partial charge < -0.3 is 9.80 Å². The average molecular weight is 216 g/mol. The summed E-state index contributed by atoms with van der Waals surface area (Å²) in [7, 11) is 0. The van der Waals surface area contributed by atoms with Crippen LogP contribution in [-0.4, -0.2) is 19.4 Å². The Labute approximate surface area is 96.0 Å². The molecule has 0 bridgehead atoms. The second kappa shape index (κ2) is 4.39. The maximum atomic E-state index is 10.7. The molecule has 3 heteroatoms. The van der Waals surface area contributed by atoms with Gasteiger partial charge in [0.15, 0.2) is 0 Å². The van der Waals surface area contributed by atoms with Gasteiger partial charge in [0.05, 0.1) is 11.4 Å². The van der Waals surface area contributed by atoms with Gasteiger partial charge in [0.25, 0.3) is 0 Å². The number of para-hydroxylation sites is 2. The van der Waals surface area contributed by atoms with Crippen LogP contribution < -0.4 is 9.80 Å². The van der Waals surface area contributed by atoms with Gasteiger partial charge in [-0.3, -0.25) is 4.79 Å². The predicted molar refractivity (Wildman–Crippen MR) is 66.6 cm³/mol. The van der Waals surface area contributed by atoms with E-state index in [1.165, 1.54) is 11.4 Å². The van der Waals surface area contributed by atoms with Gasteiger partial charge in [-0.15, -0.1) is 0 Å². The van der Waals surface area contributed by atoms with Crippen molar-refractivity contribution in [1.82, 2.24) is 0 Å². The molecule has 0 amide bonds. The number of hydrogen-bond acceptors (Lipinski definition) is 3. The Bertz CT molecular complexity index is 393. The van der Waals surface area contributed by atoms with Crippen LogP contribution >= 0.6 is 0 Å². The summed E-state index contributed by atoms with van der Waals surface area (Å²) in [6.07, 6.45) is 2.49. The number of hydrogen-bond donors (Lipinski definition) is 0. The Hall–Kier alpha value is -1.77. The minimum Gasteiger partial charge on any atom is -0.326 e. The highest BCUT2D eigenvalue weighted by Crippen LogP contribution is 2.40. The average Bonchev–Trinajstić information content (AvgIpc) is 2.62. The number of carbonyl (C=O) groups excluding carboxylic acids is 1. The first-order valence-corrected chi connectivity index (χ1v) is 5.63. The maximum Gasteiger partial charge on any atom is 0.146 e. The van der Waals surface area contributed by atoms with Crippen molar-refractivity contribution in [3.63, 3.8) is 0 Å². The second-order valence-electron chi connectivity index (χ2n) is 3.64. The molecule has 1 aromatic rings. The molecular formula is C13H16N2O. The van der Waals surface area contributed by atoms with Crippen LogP contribution in [0.4, 0.5) is 11.4 Å². The largest absolute Gasteiger partial charge is 0.326 e. The summed E-state index contributed by atoms with van der Waals surface area (Å²) in [5.74, 6) is 0.973. The molecule has 0 atom stereocenters. The zero-order valence-corrected chi connectivity index (χ0v) is 9.68. The van der Waals surface area contributed by atoms with Crippen LogP contribution in [0.1, 0.15) is 13.8 Å². The van der Waals surface area contributed by atoms with E-state index in [0.29, 0.717) is 0 Å². The molecule has 1 heterocycles. The quantitative estimate of drug-likeness (QED) is 0.572. The van der Waals surface area contributed by atoms with E-state index in [2.05, 4.69) is 35.8 Å². The summed E-state index contributed by atoms with van der Waals surface area (Å²) in [4.78, 5) is 15.0. The van der Waals surface area contributed by atoms with Crippen LogP contribution in [-0.2, 0) is 4.79 Å².